The second kappa shape index (κ2) is 7.06. The van der Waals surface area contributed by atoms with Gasteiger partial charge >= 0.3 is 0 Å². The third-order valence-electron chi connectivity index (χ3n) is 3.44. The average Bonchev–Trinajstić information content (AvgIpc) is 2.96. The monoisotopic (exact) mass is 271 g/mol. The number of furan rings is 1. The van der Waals surface area contributed by atoms with Crippen molar-refractivity contribution in [3.63, 3.8) is 0 Å². The number of hydrogen-bond acceptors (Lipinski definition) is 3. The summed E-state index contributed by atoms with van der Waals surface area (Å²) in [6, 6.07) is 11.6. The van der Waals surface area contributed by atoms with Gasteiger partial charge in [-0.1, -0.05) is 36.8 Å². The number of hydrogen-bond donors (Lipinski definition) is 0. The van der Waals surface area contributed by atoms with Crippen molar-refractivity contribution >= 4 is 5.78 Å². The van der Waals surface area contributed by atoms with Gasteiger partial charge in [-0.15, -0.1) is 0 Å². The summed E-state index contributed by atoms with van der Waals surface area (Å²) >= 11 is 0. The first kappa shape index (κ1) is 14.5. The van der Waals surface area contributed by atoms with Crippen molar-refractivity contribution in [1.29, 1.82) is 0 Å². The minimum Gasteiger partial charge on any atom is -0.468 e. The molecule has 0 N–H and O–H groups in total. The number of carbonyl (C=O) groups is 1. The summed E-state index contributed by atoms with van der Waals surface area (Å²) in [5, 5.41) is 0. The summed E-state index contributed by atoms with van der Waals surface area (Å²) in [7, 11) is 0. The molecule has 0 aliphatic heterocycles. The molecule has 1 heterocycles. The lowest BCUT2D eigenvalue weighted by Gasteiger charge is -2.18. The predicted octanol–water partition coefficient (Wildman–Crippen LogP) is 3.68. The number of Topliss-reactive ketones (excluding diaryl/α,β-unsaturated/α-hetero) is 1. The van der Waals surface area contributed by atoms with E-state index in [1.807, 2.05) is 43.3 Å². The SMILES string of the molecule is CCN(CCC(=O)c1ccc(C)cc1)Cc1ccco1. The van der Waals surface area contributed by atoms with Crippen LogP contribution in [0.15, 0.2) is 47.1 Å². The minimum absolute atomic E-state index is 0.197. The Morgan fingerprint density at radius 3 is 2.55 bits per heavy atom. The Balaban J connectivity index is 1.86. The van der Waals surface area contributed by atoms with E-state index in [0.717, 1.165) is 31.0 Å². The van der Waals surface area contributed by atoms with E-state index in [-0.39, 0.29) is 5.78 Å². The fourth-order valence-corrected chi connectivity index (χ4v) is 2.12. The van der Waals surface area contributed by atoms with E-state index in [9.17, 15) is 4.79 Å². The van der Waals surface area contributed by atoms with Crippen LogP contribution < -0.4 is 0 Å². The van der Waals surface area contributed by atoms with Crippen molar-refractivity contribution < 1.29 is 9.21 Å². The van der Waals surface area contributed by atoms with E-state index in [1.165, 1.54) is 5.56 Å². The van der Waals surface area contributed by atoms with Crippen LogP contribution in [0.3, 0.4) is 0 Å². The molecule has 0 fully saturated rings. The smallest absolute Gasteiger partial charge is 0.164 e. The highest BCUT2D eigenvalue weighted by Crippen LogP contribution is 2.09. The first-order valence-electron chi connectivity index (χ1n) is 7.03. The Kier molecular flexibility index (Phi) is 5.13. The van der Waals surface area contributed by atoms with Gasteiger partial charge in [-0.3, -0.25) is 9.69 Å². The van der Waals surface area contributed by atoms with Gasteiger partial charge < -0.3 is 4.42 Å². The largest absolute Gasteiger partial charge is 0.468 e. The van der Waals surface area contributed by atoms with Crippen molar-refractivity contribution in [2.75, 3.05) is 13.1 Å². The molecule has 0 bridgehead atoms. The summed E-state index contributed by atoms with van der Waals surface area (Å²) < 4.78 is 5.34. The Hall–Kier alpha value is -1.87. The quantitative estimate of drug-likeness (QED) is 0.720. The van der Waals surface area contributed by atoms with E-state index in [4.69, 9.17) is 4.42 Å². The van der Waals surface area contributed by atoms with Crippen molar-refractivity contribution in [1.82, 2.24) is 4.90 Å². The zero-order valence-corrected chi connectivity index (χ0v) is 12.1. The Bertz CT molecular complexity index is 529. The van der Waals surface area contributed by atoms with Crippen LogP contribution in [0.4, 0.5) is 0 Å². The molecule has 0 spiro atoms. The number of ketones is 1. The van der Waals surface area contributed by atoms with Gasteiger partial charge in [0, 0.05) is 18.5 Å². The molecule has 20 heavy (non-hydrogen) atoms. The molecular formula is C17H21NO2. The first-order chi connectivity index (χ1) is 9.69. The molecule has 0 aliphatic carbocycles. The summed E-state index contributed by atoms with van der Waals surface area (Å²) in [6.45, 7) is 6.53. The van der Waals surface area contributed by atoms with Gasteiger partial charge in [0.15, 0.2) is 5.78 Å². The molecule has 1 aromatic carbocycles. The number of benzene rings is 1. The molecule has 3 heteroatoms. The van der Waals surface area contributed by atoms with E-state index < -0.39 is 0 Å². The maximum absolute atomic E-state index is 12.1. The summed E-state index contributed by atoms with van der Waals surface area (Å²) in [5.74, 6) is 1.14. The zero-order chi connectivity index (χ0) is 14.4. The Morgan fingerprint density at radius 1 is 1.20 bits per heavy atom. The van der Waals surface area contributed by atoms with Crippen molar-refractivity contribution in [3.05, 3.63) is 59.5 Å². The lowest BCUT2D eigenvalue weighted by molar-refractivity contribution is 0.0961. The fourth-order valence-electron chi connectivity index (χ4n) is 2.12. The first-order valence-corrected chi connectivity index (χ1v) is 7.03. The van der Waals surface area contributed by atoms with Gasteiger partial charge in [-0.2, -0.15) is 0 Å². The van der Waals surface area contributed by atoms with Gasteiger partial charge in [0.25, 0.3) is 0 Å². The molecule has 0 unspecified atom stereocenters. The molecule has 3 nitrogen and oxygen atoms in total. The summed E-state index contributed by atoms with van der Waals surface area (Å²) in [5.41, 5.74) is 1.97. The molecule has 2 aromatic rings. The third kappa shape index (κ3) is 4.07. The standard InChI is InChI=1S/C17H21NO2/c1-3-18(13-16-5-4-12-20-16)11-10-17(19)15-8-6-14(2)7-9-15/h4-9,12H,3,10-11,13H2,1-2H3. The van der Waals surface area contributed by atoms with Gasteiger partial charge in [0.1, 0.15) is 5.76 Å². The maximum atomic E-state index is 12.1. The maximum Gasteiger partial charge on any atom is 0.164 e. The van der Waals surface area contributed by atoms with E-state index in [0.29, 0.717) is 6.42 Å². The van der Waals surface area contributed by atoms with Crippen LogP contribution >= 0.6 is 0 Å². The highest BCUT2D eigenvalue weighted by Gasteiger charge is 2.10. The molecule has 0 radical (unpaired) electrons. The Morgan fingerprint density at radius 2 is 1.95 bits per heavy atom. The molecule has 0 aliphatic rings. The van der Waals surface area contributed by atoms with Crippen LogP contribution in [-0.2, 0) is 6.54 Å². The van der Waals surface area contributed by atoms with Crippen LogP contribution in [0.2, 0.25) is 0 Å². The highest BCUT2D eigenvalue weighted by molar-refractivity contribution is 5.96. The molecule has 0 amide bonds. The fraction of sp³-hybridized carbons (Fsp3) is 0.353. The molecule has 0 saturated heterocycles. The van der Waals surface area contributed by atoms with Crippen molar-refractivity contribution in [2.45, 2.75) is 26.8 Å². The molecule has 0 saturated carbocycles. The molecule has 2 rings (SSSR count). The molecule has 1 aromatic heterocycles. The second-order valence-electron chi connectivity index (χ2n) is 4.99. The van der Waals surface area contributed by atoms with Gasteiger partial charge in [0.05, 0.1) is 12.8 Å². The molecule has 0 atom stereocenters. The number of nitrogens with zero attached hydrogens (tertiary/aromatic N) is 1. The summed E-state index contributed by atoms with van der Waals surface area (Å²) in [4.78, 5) is 14.3. The van der Waals surface area contributed by atoms with E-state index >= 15 is 0 Å². The Labute approximate surface area is 120 Å². The lowest BCUT2D eigenvalue weighted by atomic mass is 10.1. The van der Waals surface area contributed by atoms with E-state index in [2.05, 4.69) is 11.8 Å². The van der Waals surface area contributed by atoms with Crippen LogP contribution in [0.25, 0.3) is 0 Å². The van der Waals surface area contributed by atoms with Crippen LogP contribution in [-0.4, -0.2) is 23.8 Å². The lowest BCUT2D eigenvalue weighted by Crippen LogP contribution is -2.25. The predicted molar refractivity (Wildman–Crippen MR) is 79.8 cm³/mol. The van der Waals surface area contributed by atoms with E-state index in [1.54, 1.807) is 6.26 Å². The highest BCUT2D eigenvalue weighted by atomic mass is 16.3. The molecule has 106 valence electrons. The normalized spacial score (nSPS) is 10.9. The number of rotatable bonds is 7. The number of aryl methyl sites for hydroxylation is 1. The van der Waals surface area contributed by atoms with Crippen molar-refractivity contribution in [3.8, 4) is 0 Å². The average molecular weight is 271 g/mol. The third-order valence-corrected chi connectivity index (χ3v) is 3.44. The zero-order valence-electron chi connectivity index (χ0n) is 12.1. The van der Waals surface area contributed by atoms with Crippen molar-refractivity contribution in [2.24, 2.45) is 0 Å². The van der Waals surface area contributed by atoms with Crippen LogP contribution in [0, 0.1) is 6.92 Å². The molecular weight excluding hydrogens is 250 g/mol. The van der Waals surface area contributed by atoms with Crippen LogP contribution in [0.5, 0.6) is 0 Å². The van der Waals surface area contributed by atoms with Gasteiger partial charge in [-0.05, 0) is 25.6 Å². The van der Waals surface area contributed by atoms with Gasteiger partial charge in [0.2, 0.25) is 0 Å². The summed E-state index contributed by atoms with van der Waals surface area (Å²) in [6.07, 6.45) is 2.22. The second-order valence-corrected chi connectivity index (χ2v) is 4.99. The van der Waals surface area contributed by atoms with Gasteiger partial charge in [-0.25, -0.2) is 0 Å². The number of carbonyl (C=O) groups excluding carboxylic acids is 1. The minimum atomic E-state index is 0.197. The topological polar surface area (TPSA) is 33.5 Å². The van der Waals surface area contributed by atoms with Crippen LogP contribution in [0.1, 0.15) is 35.0 Å².